The third-order valence-electron chi connectivity index (χ3n) is 9.87. The van der Waals surface area contributed by atoms with Crippen LogP contribution in [0.25, 0.3) is 11.1 Å². The Morgan fingerprint density at radius 1 is 1.14 bits per heavy atom. The summed E-state index contributed by atoms with van der Waals surface area (Å²) in [7, 11) is 0. The standard InChI is InChI=1S/C37H49N5O6S/c1-21-14-31(49-7)30(36(45)40-21)17-39-35(44)28-15-29(26-8-9-32(38-16-26)42-19-23(3)46-24(4)20-42)34-33(25(28)5)47-37(6,48-34)27-10-12-41(13-11-27)18-22(2)43/h8-9,14-16,22-24,27,43H,10-13,17-20H2,1-7H3,(H,39,44)(H,40,45)/t22-,23-,24?,37?/m0/s1. The van der Waals surface area contributed by atoms with Gasteiger partial charge < -0.3 is 39.4 Å². The number of carbonyl (C=O) groups excluding carboxylic acids is 1. The number of piperidine rings is 1. The van der Waals surface area contributed by atoms with Crippen LogP contribution in [-0.2, 0) is 11.3 Å². The summed E-state index contributed by atoms with van der Waals surface area (Å²) in [5, 5.41) is 12.9. The van der Waals surface area contributed by atoms with E-state index in [9.17, 15) is 14.7 Å². The number of H-pyrrole nitrogens is 1. The van der Waals surface area contributed by atoms with E-state index in [0.29, 0.717) is 34.7 Å². The number of hydrogen-bond acceptors (Lipinski definition) is 10. The van der Waals surface area contributed by atoms with E-state index in [0.717, 1.165) is 66.6 Å². The Balaban J connectivity index is 1.32. The number of β-amino-alcohol motifs (C(OH)–C–C–N with tert-alkyl or cyclic N) is 1. The Labute approximate surface area is 292 Å². The number of nitrogens with zero attached hydrogens (tertiary/aromatic N) is 3. The number of rotatable bonds is 9. The highest BCUT2D eigenvalue weighted by Gasteiger charge is 2.47. The number of aliphatic hydroxyl groups is 1. The Morgan fingerprint density at radius 2 is 1.84 bits per heavy atom. The maximum atomic E-state index is 13.9. The van der Waals surface area contributed by atoms with Crippen molar-refractivity contribution in [1.29, 1.82) is 0 Å². The van der Waals surface area contributed by atoms with Crippen LogP contribution in [0, 0.1) is 19.8 Å². The minimum atomic E-state index is -0.927. The van der Waals surface area contributed by atoms with Gasteiger partial charge in [-0.2, -0.15) is 0 Å². The minimum absolute atomic E-state index is 0.0865. The molecule has 12 heteroatoms. The van der Waals surface area contributed by atoms with Gasteiger partial charge in [0.1, 0.15) is 5.82 Å². The Kier molecular flexibility index (Phi) is 10.3. The van der Waals surface area contributed by atoms with Crippen LogP contribution in [-0.4, -0.2) is 89.0 Å². The van der Waals surface area contributed by atoms with Gasteiger partial charge in [-0.25, -0.2) is 4.98 Å². The van der Waals surface area contributed by atoms with Crippen LogP contribution in [0.4, 0.5) is 5.82 Å². The molecule has 5 heterocycles. The van der Waals surface area contributed by atoms with Crippen molar-refractivity contribution >= 4 is 23.5 Å². The molecule has 1 aromatic carbocycles. The second-order valence-corrected chi connectivity index (χ2v) is 14.8. The summed E-state index contributed by atoms with van der Waals surface area (Å²) < 4.78 is 19.4. The van der Waals surface area contributed by atoms with E-state index in [1.54, 1.807) is 0 Å². The lowest BCUT2D eigenvalue weighted by molar-refractivity contribution is -0.125. The molecular formula is C37H49N5O6S. The normalized spacial score (nSPS) is 23.5. The highest BCUT2D eigenvalue weighted by molar-refractivity contribution is 7.98. The van der Waals surface area contributed by atoms with Gasteiger partial charge in [0.2, 0.25) is 0 Å². The number of carbonyl (C=O) groups is 1. The van der Waals surface area contributed by atoms with Crippen LogP contribution in [0.5, 0.6) is 11.5 Å². The number of nitrogens with one attached hydrogen (secondary N) is 2. The van der Waals surface area contributed by atoms with E-state index in [1.807, 2.05) is 64.4 Å². The lowest BCUT2D eigenvalue weighted by Gasteiger charge is -2.39. The van der Waals surface area contributed by atoms with Crippen LogP contribution in [0.3, 0.4) is 0 Å². The number of pyridine rings is 2. The molecule has 3 aliphatic rings. The highest BCUT2D eigenvalue weighted by atomic mass is 32.2. The first-order valence-electron chi connectivity index (χ1n) is 17.2. The molecule has 264 valence electrons. The third-order valence-corrected chi connectivity index (χ3v) is 10.7. The van der Waals surface area contributed by atoms with Gasteiger partial charge in [-0.1, -0.05) is 0 Å². The first-order valence-corrected chi connectivity index (χ1v) is 18.5. The van der Waals surface area contributed by atoms with Crippen LogP contribution in [0.2, 0.25) is 0 Å². The Bertz CT molecular complexity index is 1730. The summed E-state index contributed by atoms with van der Waals surface area (Å²) >= 11 is 1.48. The summed E-state index contributed by atoms with van der Waals surface area (Å²) in [4.78, 5) is 39.8. The predicted octanol–water partition coefficient (Wildman–Crippen LogP) is 4.90. The number of aliphatic hydroxyl groups excluding tert-OH is 1. The fourth-order valence-corrected chi connectivity index (χ4v) is 8.12. The summed E-state index contributed by atoms with van der Waals surface area (Å²) in [5.74, 6) is 0.896. The van der Waals surface area contributed by atoms with E-state index < -0.39 is 5.79 Å². The molecule has 11 nitrogen and oxygen atoms in total. The van der Waals surface area contributed by atoms with Crippen molar-refractivity contribution in [2.45, 2.75) is 89.9 Å². The zero-order chi connectivity index (χ0) is 35.0. The topological polar surface area (TPSA) is 129 Å². The number of thioether (sulfide) groups is 1. The number of fused-ring (bicyclic) bond motifs is 1. The molecular weight excluding hydrogens is 643 g/mol. The fourth-order valence-electron chi connectivity index (χ4n) is 7.41. The smallest absolute Gasteiger partial charge is 0.254 e. The number of likely N-dealkylation sites (tertiary alicyclic amines) is 1. The van der Waals surface area contributed by atoms with Gasteiger partial charge in [-0.05, 0) is 91.1 Å². The van der Waals surface area contributed by atoms with Crippen molar-refractivity contribution in [3.8, 4) is 22.6 Å². The summed E-state index contributed by atoms with van der Waals surface area (Å²) in [6.45, 7) is 15.6. The second kappa shape index (κ2) is 14.3. The van der Waals surface area contributed by atoms with Crippen LogP contribution < -0.4 is 25.2 Å². The largest absolute Gasteiger partial charge is 0.448 e. The molecule has 49 heavy (non-hydrogen) atoms. The van der Waals surface area contributed by atoms with Gasteiger partial charge in [-0.15, -0.1) is 11.8 Å². The molecule has 4 atom stereocenters. The summed E-state index contributed by atoms with van der Waals surface area (Å²) in [6.07, 6.45) is 5.30. The summed E-state index contributed by atoms with van der Waals surface area (Å²) in [6, 6.07) is 7.80. The number of hydrogen-bond donors (Lipinski definition) is 3. The number of aromatic nitrogens is 2. The number of ether oxygens (including phenoxy) is 3. The zero-order valence-corrected chi connectivity index (χ0v) is 30.4. The van der Waals surface area contributed by atoms with Gasteiger partial charge in [0.05, 0.1) is 18.3 Å². The molecule has 3 aromatic rings. The third kappa shape index (κ3) is 7.47. The first kappa shape index (κ1) is 35.3. The van der Waals surface area contributed by atoms with Crippen molar-refractivity contribution in [3.63, 3.8) is 0 Å². The molecule has 3 aliphatic heterocycles. The molecule has 0 spiro atoms. The average Bonchev–Trinajstić information content (AvgIpc) is 3.43. The van der Waals surface area contributed by atoms with Gasteiger partial charge >= 0.3 is 0 Å². The molecule has 0 saturated carbocycles. The lowest BCUT2D eigenvalue weighted by atomic mass is 9.89. The Morgan fingerprint density at radius 3 is 2.47 bits per heavy atom. The SMILES string of the molecule is CSc1cc(C)[nH]c(=O)c1CNC(=O)c1cc(-c2ccc(N3CC(C)O[C@@H](C)C3)nc2)c2c(c1C)OC(C)(C1CCN(C[C@H](C)O)CC1)O2. The number of amides is 1. The molecule has 0 bridgehead atoms. The van der Waals surface area contributed by atoms with Gasteiger partial charge in [-0.3, -0.25) is 9.59 Å². The highest BCUT2D eigenvalue weighted by Crippen LogP contribution is 2.52. The maximum Gasteiger partial charge on any atom is 0.254 e. The van der Waals surface area contributed by atoms with Crippen LogP contribution in [0.15, 0.2) is 40.2 Å². The number of aromatic amines is 1. The van der Waals surface area contributed by atoms with Crippen molar-refractivity contribution in [2.75, 3.05) is 43.9 Å². The van der Waals surface area contributed by atoms with Crippen molar-refractivity contribution < 1.29 is 24.1 Å². The van der Waals surface area contributed by atoms with Crippen LogP contribution in [0.1, 0.15) is 67.7 Å². The summed E-state index contributed by atoms with van der Waals surface area (Å²) in [5.41, 5.74) is 3.74. The fraction of sp³-hybridized carbons (Fsp3) is 0.541. The molecule has 2 aromatic heterocycles. The van der Waals surface area contributed by atoms with E-state index in [2.05, 4.69) is 33.9 Å². The van der Waals surface area contributed by atoms with Gasteiger partial charge in [0.15, 0.2) is 11.5 Å². The molecule has 3 N–H and O–H groups in total. The van der Waals surface area contributed by atoms with Crippen molar-refractivity contribution in [2.24, 2.45) is 5.92 Å². The van der Waals surface area contributed by atoms with Gasteiger partial charge in [0, 0.05) is 83.6 Å². The quantitative estimate of drug-likeness (QED) is 0.267. The van der Waals surface area contributed by atoms with E-state index in [-0.39, 0.29) is 42.2 Å². The molecule has 2 fully saturated rings. The number of benzene rings is 1. The average molecular weight is 692 g/mol. The van der Waals surface area contributed by atoms with E-state index >= 15 is 0 Å². The molecule has 2 saturated heterocycles. The lowest BCUT2D eigenvalue weighted by Crippen LogP contribution is -2.49. The molecule has 0 radical (unpaired) electrons. The molecule has 6 rings (SSSR count). The molecule has 0 aliphatic carbocycles. The van der Waals surface area contributed by atoms with Gasteiger partial charge in [0.25, 0.3) is 17.3 Å². The van der Waals surface area contributed by atoms with E-state index in [1.165, 1.54) is 11.8 Å². The molecule has 2 unspecified atom stereocenters. The minimum Gasteiger partial charge on any atom is -0.448 e. The van der Waals surface area contributed by atoms with E-state index in [4.69, 9.17) is 19.2 Å². The second-order valence-electron chi connectivity index (χ2n) is 14.0. The number of anilines is 1. The number of aryl methyl sites for hydroxylation is 1. The zero-order valence-electron chi connectivity index (χ0n) is 29.6. The van der Waals surface area contributed by atoms with Crippen LogP contribution >= 0.6 is 11.8 Å². The monoisotopic (exact) mass is 691 g/mol. The maximum absolute atomic E-state index is 13.9. The first-order chi connectivity index (χ1) is 23.3. The molecule has 1 amide bonds. The number of morpholine rings is 1. The Hall–Kier alpha value is -3.58. The van der Waals surface area contributed by atoms with Crippen molar-refractivity contribution in [1.82, 2.24) is 20.2 Å². The predicted molar refractivity (Wildman–Crippen MR) is 192 cm³/mol. The van der Waals surface area contributed by atoms with Crippen molar-refractivity contribution in [3.05, 3.63) is 63.2 Å².